The van der Waals surface area contributed by atoms with E-state index in [1.807, 2.05) is 0 Å². The molecule has 0 fully saturated rings. The van der Waals surface area contributed by atoms with Gasteiger partial charge < -0.3 is 31.9 Å². The number of carboxylic acids is 1. The van der Waals surface area contributed by atoms with Gasteiger partial charge in [-0.15, -0.1) is 0 Å². The summed E-state index contributed by atoms with van der Waals surface area (Å²) in [5.41, 5.74) is 6.21. The Kier molecular flexibility index (Phi) is 9.93. The van der Waals surface area contributed by atoms with Gasteiger partial charge in [-0.2, -0.15) is 0 Å². The highest BCUT2D eigenvalue weighted by molar-refractivity contribution is 5.94. The molecule has 0 heterocycles. The fraction of sp³-hybridized carbons (Fsp3) is 0.500. The van der Waals surface area contributed by atoms with Gasteiger partial charge in [0.25, 0.3) is 0 Å². The molecule has 0 saturated carbocycles. The number of rotatable bonds is 11. The third kappa shape index (κ3) is 7.80. The minimum atomic E-state index is -1.39. The van der Waals surface area contributed by atoms with Crippen LogP contribution in [0.4, 0.5) is 0 Å². The Morgan fingerprint density at radius 2 is 1.47 bits per heavy atom. The van der Waals surface area contributed by atoms with Gasteiger partial charge in [-0.3, -0.25) is 14.4 Å². The summed E-state index contributed by atoms with van der Waals surface area (Å²) < 4.78 is 0. The SMILES string of the molecule is CC(N)C(=O)NC(C(=O)NC(CO)C(=O)NC(Cc1ccccc1)C(=O)O)C(C)C. The third-order valence-electron chi connectivity index (χ3n) is 4.37. The summed E-state index contributed by atoms with van der Waals surface area (Å²) in [5.74, 6) is -3.65. The number of carbonyl (C=O) groups excluding carboxylic acids is 3. The highest BCUT2D eigenvalue weighted by Gasteiger charge is 2.31. The molecular weight excluding hydrogens is 392 g/mol. The van der Waals surface area contributed by atoms with E-state index in [4.69, 9.17) is 5.73 Å². The number of aliphatic hydroxyl groups is 1. The van der Waals surface area contributed by atoms with E-state index in [9.17, 15) is 29.4 Å². The Labute approximate surface area is 175 Å². The first-order valence-corrected chi connectivity index (χ1v) is 9.61. The second-order valence-electron chi connectivity index (χ2n) is 7.35. The number of amides is 3. The molecule has 10 heteroatoms. The minimum Gasteiger partial charge on any atom is -0.480 e. The van der Waals surface area contributed by atoms with Crippen LogP contribution in [0.1, 0.15) is 26.3 Å². The maximum atomic E-state index is 12.6. The lowest BCUT2D eigenvalue weighted by atomic mass is 10.0. The van der Waals surface area contributed by atoms with Crippen LogP contribution in [0.25, 0.3) is 0 Å². The average Bonchev–Trinajstić information content (AvgIpc) is 2.69. The summed E-state index contributed by atoms with van der Waals surface area (Å²) in [6.45, 7) is 4.11. The van der Waals surface area contributed by atoms with Crippen molar-refractivity contribution in [3.05, 3.63) is 35.9 Å². The Bertz CT molecular complexity index is 738. The number of benzene rings is 1. The summed E-state index contributed by atoms with van der Waals surface area (Å²) in [7, 11) is 0. The Balaban J connectivity index is 2.83. The van der Waals surface area contributed by atoms with E-state index in [1.165, 1.54) is 6.92 Å². The van der Waals surface area contributed by atoms with Gasteiger partial charge in [0.1, 0.15) is 18.1 Å². The Hall–Kier alpha value is -2.98. The Morgan fingerprint density at radius 1 is 0.900 bits per heavy atom. The van der Waals surface area contributed by atoms with Gasteiger partial charge in [0.2, 0.25) is 17.7 Å². The molecule has 0 radical (unpaired) electrons. The van der Waals surface area contributed by atoms with Crippen LogP contribution in [0.3, 0.4) is 0 Å². The van der Waals surface area contributed by atoms with Gasteiger partial charge in [0.15, 0.2) is 0 Å². The lowest BCUT2D eigenvalue weighted by molar-refractivity contribution is -0.142. The van der Waals surface area contributed by atoms with Gasteiger partial charge >= 0.3 is 5.97 Å². The smallest absolute Gasteiger partial charge is 0.326 e. The predicted octanol–water partition coefficient (Wildman–Crippen LogP) is -1.24. The molecule has 1 rings (SSSR count). The van der Waals surface area contributed by atoms with Crippen molar-refractivity contribution in [1.29, 1.82) is 0 Å². The van der Waals surface area contributed by atoms with E-state index in [0.29, 0.717) is 5.56 Å². The highest BCUT2D eigenvalue weighted by atomic mass is 16.4. The number of aliphatic hydroxyl groups excluding tert-OH is 1. The molecule has 0 spiro atoms. The topological polar surface area (TPSA) is 171 Å². The van der Waals surface area contributed by atoms with Crippen molar-refractivity contribution in [1.82, 2.24) is 16.0 Å². The Morgan fingerprint density at radius 3 is 1.93 bits per heavy atom. The van der Waals surface area contributed by atoms with Crippen LogP contribution in [0.2, 0.25) is 0 Å². The van der Waals surface area contributed by atoms with Gasteiger partial charge in [-0.05, 0) is 18.4 Å². The maximum Gasteiger partial charge on any atom is 0.326 e. The molecule has 0 aromatic heterocycles. The quantitative estimate of drug-likeness (QED) is 0.259. The average molecular weight is 422 g/mol. The maximum absolute atomic E-state index is 12.6. The van der Waals surface area contributed by atoms with Crippen molar-refractivity contribution in [2.24, 2.45) is 11.7 Å². The number of hydrogen-bond donors (Lipinski definition) is 6. The van der Waals surface area contributed by atoms with Crippen LogP contribution in [0.15, 0.2) is 30.3 Å². The predicted molar refractivity (Wildman–Crippen MR) is 109 cm³/mol. The number of carboxylic acid groups (broad SMARTS) is 1. The molecule has 0 saturated heterocycles. The molecule has 0 aliphatic rings. The summed E-state index contributed by atoms with van der Waals surface area (Å²) >= 11 is 0. The van der Waals surface area contributed by atoms with E-state index in [-0.39, 0.29) is 12.3 Å². The summed E-state index contributed by atoms with van der Waals surface area (Å²) in [4.78, 5) is 48.4. The highest BCUT2D eigenvalue weighted by Crippen LogP contribution is 2.05. The van der Waals surface area contributed by atoms with Crippen molar-refractivity contribution >= 4 is 23.7 Å². The first kappa shape index (κ1) is 25.1. The van der Waals surface area contributed by atoms with E-state index in [1.54, 1.807) is 44.2 Å². The number of aliphatic carboxylic acids is 1. The molecule has 0 bridgehead atoms. The van der Waals surface area contributed by atoms with Crippen LogP contribution >= 0.6 is 0 Å². The number of hydrogen-bond acceptors (Lipinski definition) is 6. The first-order valence-electron chi connectivity index (χ1n) is 9.61. The zero-order valence-corrected chi connectivity index (χ0v) is 17.3. The number of nitrogens with one attached hydrogen (secondary N) is 3. The van der Waals surface area contributed by atoms with Crippen LogP contribution in [-0.4, -0.2) is 64.7 Å². The fourth-order valence-corrected chi connectivity index (χ4v) is 2.60. The van der Waals surface area contributed by atoms with Crippen LogP contribution in [0.5, 0.6) is 0 Å². The van der Waals surface area contributed by atoms with Gasteiger partial charge in [0, 0.05) is 6.42 Å². The molecule has 166 valence electrons. The minimum absolute atomic E-state index is 0.0348. The molecule has 7 N–H and O–H groups in total. The van der Waals surface area contributed by atoms with Crippen molar-refractivity contribution in [2.45, 2.75) is 51.4 Å². The zero-order valence-electron chi connectivity index (χ0n) is 17.3. The lowest BCUT2D eigenvalue weighted by Gasteiger charge is -2.25. The standard InChI is InChI=1S/C20H30N4O6/c1-11(2)16(24-17(26)12(3)21)19(28)23-15(10-25)18(27)22-14(20(29)30)9-13-7-5-4-6-8-13/h4-8,11-12,14-16,25H,9-10,21H2,1-3H3,(H,22,27)(H,23,28)(H,24,26)(H,29,30). The van der Waals surface area contributed by atoms with Crippen LogP contribution in [-0.2, 0) is 25.6 Å². The largest absolute Gasteiger partial charge is 0.480 e. The first-order chi connectivity index (χ1) is 14.1. The monoisotopic (exact) mass is 422 g/mol. The third-order valence-corrected chi connectivity index (χ3v) is 4.37. The second kappa shape index (κ2) is 11.9. The van der Waals surface area contributed by atoms with Gasteiger partial charge in [-0.25, -0.2) is 4.79 Å². The van der Waals surface area contributed by atoms with Crippen molar-refractivity contribution in [2.75, 3.05) is 6.61 Å². The molecular formula is C20H30N4O6. The molecule has 30 heavy (non-hydrogen) atoms. The summed E-state index contributed by atoms with van der Waals surface area (Å²) in [5, 5.41) is 26.1. The molecule has 1 aromatic rings. The van der Waals surface area contributed by atoms with Crippen molar-refractivity contribution in [3.63, 3.8) is 0 Å². The number of carbonyl (C=O) groups is 4. The second-order valence-corrected chi connectivity index (χ2v) is 7.35. The normalized spacial score (nSPS) is 14.9. The molecule has 1 aromatic carbocycles. The van der Waals surface area contributed by atoms with Crippen molar-refractivity contribution < 1.29 is 29.4 Å². The lowest BCUT2D eigenvalue weighted by Crippen LogP contribution is -2.59. The van der Waals surface area contributed by atoms with Gasteiger partial charge in [0.05, 0.1) is 12.6 Å². The van der Waals surface area contributed by atoms with Gasteiger partial charge in [-0.1, -0.05) is 44.2 Å². The zero-order chi connectivity index (χ0) is 22.8. The fourth-order valence-electron chi connectivity index (χ4n) is 2.60. The number of nitrogens with two attached hydrogens (primary N) is 1. The summed E-state index contributed by atoms with van der Waals surface area (Å²) in [6.07, 6.45) is 0.0348. The summed E-state index contributed by atoms with van der Waals surface area (Å²) in [6, 6.07) is 4.28. The molecule has 4 unspecified atom stereocenters. The van der Waals surface area contributed by atoms with E-state index < -0.39 is 54.5 Å². The van der Waals surface area contributed by atoms with Crippen LogP contribution in [0, 0.1) is 5.92 Å². The van der Waals surface area contributed by atoms with Crippen LogP contribution < -0.4 is 21.7 Å². The molecule has 0 aliphatic carbocycles. The molecule has 3 amide bonds. The van der Waals surface area contributed by atoms with E-state index in [2.05, 4.69) is 16.0 Å². The van der Waals surface area contributed by atoms with Crippen molar-refractivity contribution in [3.8, 4) is 0 Å². The van der Waals surface area contributed by atoms with E-state index in [0.717, 1.165) is 0 Å². The van der Waals surface area contributed by atoms with E-state index >= 15 is 0 Å². The molecule has 0 aliphatic heterocycles. The molecule has 10 nitrogen and oxygen atoms in total. The molecule has 4 atom stereocenters.